The van der Waals surface area contributed by atoms with Gasteiger partial charge < -0.3 is 14.6 Å². The lowest BCUT2D eigenvalue weighted by atomic mass is 10.2. The molecule has 5 nitrogen and oxygen atoms in total. The summed E-state index contributed by atoms with van der Waals surface area (Å²) in [6, 6.07) is 1.23. The first kappa shape index (κ1) is 14.6. The SMILES string of the molecule is CCN(C(=O)c1cc(Cl)cn1C)C(C)CC(=O)O. The number of carbonyl (C=O) groups is 2. The molecule has 0 bridgehead atoms. The molecule has 1 rings (SSSR count). The molecule has 1 unspecified atom stereocenters. The molecule has 6 heteroatoms. The average molecular weight is 273 g/mol. The van der Waals surface area contributed by atoms with Gasteiger partial charge in [-0.3, -0.25) is 9.59 Å². The van der Waals surface area contributed by atoms with Crippen molar-refractivity contribution in [2.24, 2.45) is 7.05 Å². The predicted octanol–water partition coefficient (Wildman–Crippen LogP) is 2.00. The highest BCUT2D eigenvalue weighted by molar-refractivity contribution is 6.31. The molecule has 0 spiro atoms. The van der Waals surface area contributed by atoms with Gasteiger partial charge in [-0.05, 0) is 19.9 Å². The average Bonchev–Trinajstić information content (AvgIpc) is 2.57. The molecule has 0 aliphatic heterocycles. The first-order valence-electron chi connectivity index (χ1n) is 5.71. The van der Waals surface area contributed by atoms with E-state index in [0.717, 1.165) is 0 Å². The van der Waals surface area contributed by atoms with Crippen molar-refractivity contribution in [1.29, 1.82) is 0 Å². The summed E-state index contributed by atoms with van der Waals surface area (Å²) in [4.78, 5) is 24.5. The van der Waals surface area contributed by atoms with E-state index in [0.29, 0.717) is 17.3 Å². The minimum atomic E-state index is -0.918. The van der Waals surface area contributed by atoms with Gasteiger partial charge in [0.25, 0.3) is 5.91 Å². The summed E-state index contributed by atoms with van der Waals surface area (Å²) in [6.07, 6.45) is 1.57. The Morgan fingerprint density at radius 3 is 2.56 bits per heavy atom. The van der Waals surface area contributed by atoms with Gasteiger partial charge in [0.1, 0.15) is 5.69 Å². The van der Waals surface area contributed by atoms with E-state index in [1.807, 2.05) is 6.92 Å². The van der Waals surface area contributed by atoms with Gasteiger partial charge in [0.05, 0.1) is 11.4 Å². The molecule has 1 heterocycles. The molecule has 0 fully saturated rings. The number of hydrogen-bond donors (Lipinski definition) is 1. The van der Waals surface area contributed by atoms with Gasteiger partial charge >= 0.3 is 5.97 Å². The van der Waals surface area contributed by atoms with E-state index >= 15 is 0 Å². The summed E-state index contributed by atoms with van der Waals surface area (Å²) in [5, 5.41) is 9.26. The van der Waals surface area contributed by atoms with Gasteiger partial charge in [-0.1, -0.05) is 11.6 Å². The fraction of sp³-hybridized carbons (Fsp3) is 0.500. The molecule has 1 aromatic heterocycles. The highest BCUT2D eigenvalue weighted by Gasteiger charge is 2.23. The van der Waals surface area contributed by atoms with Crippen LogP contribution in [0.3, 0.4) is 0 Å². The second-order valence-electron chi connectivity index (χ2n) is 4.19. The third-order valence-electron chi connectivity index (χ3n) is 2.79. The Morgan fingerprint density at radius 1 is 1.56 bits per heavy atom. The largest absolute Gasteiger partial charge is 0.481 e. The molecule has 1 atom stereocenters. The van der Waals surface area contributed by atoms with Crippen LogP contribution in [0.4, 0.5) is 0 Å². The predicted molar refractivity (Wildman–Crippen MR) is 68.8 cm³/mol. The van der Waals surface area contributed by atoms with Gasteiger partial charge in [-0.2, -0.15) is 0 Å². The Hall–Kier alpha value is -1.49. The molecule has 18 heavy (non-hydrogen) atoms. The lowest BCUT2D eigenvalue weighted by Crippen LogP contribution is -2.40. The zero-order chi connectivity index (χ0) is 13.9. The zero-order valence-electron chi connectivity index (χ0n) is 10.7. The molecule has 1 amide bonds. The van der Waals surface area contributed by atoms with Crippen LogP contribution in [0.25, 0.3) is 0 Å². The molecule has 1 aromatic rings. The fourth-order valence-corrected chi connectivity index (χ4v) is 2.15. The van der Waals surface area contributed by atoms with Crippen LogP contribution in [0.15, 0.2) is 12.3 Å². The van der Waals surface area contributed by atoms with Gasteiger partial charge in [0.2, 0.25) is 0 Å². The number of aliphatic carboxylic acids is 1. The third-order valence-corrected chi connectivity index (χ3v) is 3.00. The minimum Gasteiger partial charge on any atom is -0.481 e. The Bertz CT molecular complexity index is 456. The number of halogens is 1. The number of nitrogens with zero attached hydrogens (tertiary/aromatic N) is 2. The topological polar surface area (TPSA) is 62.5 Å². The number of hydrogen-bond acceptors (Lipinski definition) is 2. The Labute approximate surface area is 111 Å². The smallest absolute Gasteiger partial charge is 0.305 e. The van der Waals surface area contributed by atoms with Crippen LogP contribution in [-0.2, 0) is 11.8 Å². The first-order valence-corrected chi connectivity index (χ1v) is 6.09. The van der Waals surface area contributed by atoms with Crippen molar-refractivity contribution in [3.8, 4) is 0 Å². The number of carboxylic acid groups (broad SMARTS) is 1. The molecule has 0 aliphatic carbocycles. The lowest BCUT2D eigenvalue weighted by Gasteiger charge is -2.27. The van der Waals surface area contributed by atoms with Gasteiger partial charge in [0.15, 0.2) is 0 Å². The maximum atomic E-state index is 12.3. The van der Waals surface area contributed by atoms with E-state index in [9.17, 15) is 9.59 Å². The van der Waals surface area contributed by atoms with Gasteiger partial charge in [-0.15, -0.1) is 0 Å². The van der Waals surface area contributed by atoms with Crippen LogP contribution in [0.5, 0.6) is 0 Å². The summed E-state index contributed by atoms with van der Waals surface area (Å²) in [6.45, 7) is 4.00. The van der Waals surface area contributed by atoms with Crippen LogP contribution in [0, 0.1) is 0 Å². The zero-order valence-corrected chi connectivity index (χ0v) is 11.4. The van der Waals surface area contributed by atoms with Crippen LogP contribution in [0.1, 0.15) is 30.8 Å². The highest BCUT2D eigenvalue weighted by atomic mass is 35.5. The van der Waals surface area contributed by atoms with Crippen LogP contribution in [-0.4, -0.2) is 39.0 Å². The number of amides is 1. The molecule has 0 saturated heterocycles. The number of aromatic nitrogens is 1. The Balaban J connectivity index is 2.92. The number of carboxylic acids is 1. The lowest BCUT2D eigenvalue weighted by molar-refractivity contribution is -0.138. The second kappa shape index (κ2) is 5.91. The van der Waals surface area contributed by atoms with Crippen LogP contribution in [0.2, 0.25) is 5.02 Å². The number of aryl methyl sites for hydroxylation is 1. The summed E-state index contributed by atoms with van der Waals surface area (Å²) in [7, 11) is 1.73. The number of rotatable bonds is 5. The Kier molecular flexibility index (Phi) is 4.78. The fourth-order valence-electron chi connectivity index (χ4n) is 1.90. The van der Waals surface area contributed by atoms with Crippen molar-refractivity contribution < 1.29 is 14.7 Å². The first-order chi connectivity index (χ1) is 8.36. The monoisotopic (exact) mass is 272 g/mol. The maximum absolute atomic E-state index is 12.3. The standard InChI is InChI=1S/C12H17ClN2O3/c1-4-15(8(2)5-11(16)17)12(18)10-6-9(13)7-14(10)3/h6-8H,4-5H2,1-3H3,(H,16,17). The molecular formula is C12H17ClN2O3. The number of carbonyl (C=O) groups excluding carboxylic acids is 1. The Morgan fingerprint density at radius 2 is 2.17 bits per heavy atom. The molecular weight excluding hydrogens is 256 g/mol. The molecule has 0 saturated carbocycles. The van der Waals surface area contributed by atoms with Crippen molar-refractivity contribution in [2.75, 3.05) is 6.54 Å². The summed E-state index contributed by atoms with van der Waals surface area (Å²) in [5.74, 6) is -1.13. The van der Waals surface area contributed by atoms with E-state index in [-0.39, 0.29) is 18.4 Å². The van der Waals surface area contributed by atoms with Crippen molar-refractivity contribution in [3.05, 3.63) is 23.0 Å². The third kappa shape index (κ3) is 3.26. The molecule has 100 valence electrons. The van der Waals surface area contributed by atoms with Crippen molar-refractivity contribution in [1.82, 2.24) is 9.47 Å². The molecule has 1 N–H and O–H groups in total. The second-order valence-corrected chi connectivity index (χ2v) is 4.63. The van der Waals surface area contributed by atoms with E-state index in [1.54, 1.807) is 30.8 Å². The minimum absolute atomic E-state index is 0.0717. The van der Waals surface area contributed by atoms with Gasteiger partial charge in [0, 0.05) is 25.8 Å². The van der Waals surface area contributed by atoms with Crippen LogP contribution < -0.4 is 0 Å². The maximum Gasteiger partial charge on any atom is 0.305 e. The highest BCUT2D eigenvalue weighted by Crippen LogP contribution is 2.16. The van der Waals surface area contributed by atoms with Crippen molar-refractivity contribution in [3.63, 3.8) is 0 Å². The van der Waals surface area contributed by atoms with E-state index < -0.39 is 5.97 Å². The van der Waals surface area contributed by atoms with E-state index in [4.69, 9.17) is 16.7 Å². The van der Waals surface area contributed by atoms with Crippen molar-refractivity contribution >= 4 is 23.5 Å². The van der Waals surface area contributed by atoms with Crippen LogP contribution >= 0.6 is 11.6 Å². The van der Waals surface area contributed by atoms with E-state index in [2.05, 4.69) is 0 Å². The van der Waals surface area contributed by atoms with Gasteiger partial charge in [-0.25, -0.2) is 0 Å². The summed E-state index contributed by atoms with van der Waals surface area (Å²) >= 11 is 5.84. The molecule has 0 aromatic carbocycles. The normalized spacial score (nSPS) is 12.2. The molecule has 0 aliphatic rings. The summed E-state index contributed by atoms with van der Waals surface area (Å²) in [5.41, 5.74) is 0.457. The van der Waals surface area contributed by atoms with Crippen molar-refractivity contribution in [2.45, 2.75) is 26.3 Å². The molecule has 0 radical (unpaired) electrons. The summed E-state index contributed by atoms with van der Waals surface area (Å²) < 4.78 is 1.64. The quantitative estimate of drug-likeness (QED) is 0.892. The van der Waals surface area contributed by atoms with E-state index in [1.165, 1.54) is 4.90 Å².